The van der Waals surface area contributed by atoms with E-state index in [1.54, 1.807) is 23.3 Å². The molecule has 0 aromatic carbocycles. The molecule has 0 saturated carbocycles. The van der Waals surface area contributed by atoms with Gasteiger partial charge in [0.2, 0.25) is 5.91 Å². The Balaban J connectivity index is 1.27. The largest absolute Gasteiger partial charge is 0.460 e. The Labute approximate surface area is 171 Å². The molecule has 0 bridgehead atoms. The van der Waals surface area contributed by atoms with Crippen molar-refractivity contribution in [2.45, 2.75) is 37.6 Å². The third-order valence-electron chi connectivity index (χ3n) is 5.50. The molecule has 30 heavy (non-hydrogen) atoms. The summed E-state index contributed by atoms with van der Waals surface area (Å²) in [4.78, 5) is 23.7. The first-order valence-corrected chi connectivity index (χ1v) is 9.86. The molecule has 8 nitrogen and oxygen atoms in total. The van der Waals surface area contributed by atoms with Crippen molar-refractivity contribution in [2.75, 3.05) is 26.2 Å². The third kappa shape index (κ3) is 4.72. The third-order valence-corrected chi connectivity index (χ3v) is 5.50. The lowest BCUT2D eigenvalue weighted by Gasteiger charge is -2.34. The Hall–Kier alpha value is -2.69. The van der Waals surface area contributed by atoms with Crippen molar-refractivity contribution in [3.8, 4) is 17.1 Å². The zero-order valence-electron chi connectivity index (χ0n) is 16.5. The average Bonchev–Trinajstić information content (AvgIpc) is 3.28. The molecule has 2 fully saturated rings. The number of piperidine rings is 1. The van der Waals surface area contributed by atoms with Crippen LogP contribution in [-0.2, 0) is 11.8 Å². The second-order valence-corrected chi connectivity index (χ2v) is 7.69. The van der Waals surface area contributed by atoms with Crippen molar-refractivity contribution in [2.24, 2.45) is 7.05 Å². The van der Waals surface area contributed by atoms with Crippen molar-refractivity contribution >= 4 is 5.91 Å². The van der Waals surface area contributed by atoms with Gasteiger partial charge in [0.05, 0.1) is 12.2 Å². The molecular weight excluding hydrogens is 401 g/mol. The summed E-state index contributed by atoms with van der Waals surface area (Å²) >= 11 is 0. The first-order chi connectivity index (χ1) is 14.3. The minimum absolute atomic E-state index is 0.0896. The average molecular weight is 424 g/mol. The highest BCUT2D eigenvalue weighted by atomic mass is 19.4. The lowest BCUT2D eigenvalue weighted by Crippen LogP contribution is -2.48. The quantitative estimate of drug-likeness (QED) is 0.730. The first-order valence-electron chi connectivity index (χ1n) is 9.86. The second-order valence-electron chi connectivity index (χ2n) is 7.69. The van der Waals surface area contributed by atoms with Gasteiger partial charge in [-0.3, -0.25) is 14.4 Å². The zero-order chi connectivity index (χ0) is 21.3. The molecule has 2 aromatic rings. The van der Waals surface area contributed by atoms with E-state index >= 15 is 0 Å². The maximum absolute atomic E-state index is 12.6. The summed E-state index contributed by atoms with van der Waals surface area (Å²) in [7, 11) is 1.83. The van der Waals surface area contributed by atoms with Gasteiger partial charge in [-0.1, -0.05) is 0 Å². The summed E-state index contributed by atoms with van der Waals surface area (Å²) in [6.45, 7) is 0.161. The van der Waals surface area contributed by atoms with E-state index in [0.717, 1.165) is 16.0 Å². The van der Waals surface area contributed by atoms with Crippen LogP contribution < -0.4 is 4.74 Å². The molecule has 2 aliphatic rings. The van der Waals surface area contributed by atoms with Gasteiger partial charge in [-0.05, 0) is 19.3 Å². The number of aromatic nitrogens is 4. The lowest BCUT2D eigenvalue weighted by atomic mass is 10.0. The van der Waals surface area contributed by atoms with Crippen molar-refractivity contribution in [1.82, 2.24) is 29.5 Å². The molecule has 0 aliphatic carbocycles. The Kier molecular flexibility index (Phi) is 5.63. The van der Waals surface area contributed by atoms with Crippen LogP contribution >= 0.6 is 0 Å². The predicted octanol–water partition coefficient (Wildman–Crippen LogP) is 1.88. The van der Waals surface area contributed by atoms with Crippen LogP contribution in [0.5, 0.6) is 6.01 Å². The molecule has 0 spiro atoms. The minimum atomic E-state index is -4.36. The number of carbonyl (C=O) groups excluding carboxylic acids is 1. The van der Waals surface area contributed by atoms with Crippen molar-refractivity contribution in [3.63, 3.8) is 0 Å². The molecule has 0 radical (unpaired) electrons. The van der Waals surface area contributed by atoms with E-state index in [-0.39, 0.29) is 18.7 Å². The first kappa shape index (κ1) is 20.6. The van der Waals surface area contributed by atoms with E-state index in [0.29, 0.717) is 32.4 Å². The van der Waals surface area contributed by atoms with Gasteiger partial charge < -0.3 is 9.64 Å². The summed E-state index contributed by atoms with van der Waals surface area (Å²) in [6.07, 6.45) is 4.27. The summed E-state index contributed by atoms with van der Waals surface area (Å²) in [5, 5.41) is 4.12. The van der Waals surface area contributed by atoms with Crippen LogP contribution in [0.3, 0.4) is 0 Å². The number of halogens is 3. The minimum Gasteiger partial charge on any atom is -0.460 e. The second kappa shape index (κ2) is 8.21. The van der Waals surface area contributed by atoms with Crippen molar-refractivity contribution in [3.05, 3.63) is 24.8 Å². The Morgan fingerprint density at radius 3 is 2.37 bits per heavy atom. The van der Waals surface area contributed by atoms with E-state index in [1.165, 1.54) is 0 Å². The molecule has 1 unspecified atom stereocenters. The molecular formula is C19H23F3N6O2. The van der Waals surface area contributed by atoms with Crippen molar-refractivity contribution < 1.29 is 22.7 Å². The summed E-state index contributed by atoms with van der Waals surface area (Å²) in [5.41, 5.74) is 1.76. The fourth-order valence-corrected chi connectivity index (χ4v) is 3.99. The monoisotopic (exact) mass is 424 g/mol. The molecule has 2 aromatic heterocycles. The molecule has 1 amide bonds. The number of amides is 1. The number of aryl methyl sites for hydroxylation is 1. The number of likely N-dealkylation sites (tertiary alicyclic amines) is 2. The standard InChI is InChI=1S/C19H23F3N6O2/c1-26-11-14(10-25-26)13-8-23-18(24-9-13)30-15-2-5-27(6-3-15)16-4-7-28(17(16)29)12-19(20,21)22/h8-11,15-16H,2-7,12H2,1H3. The molecule has 2 saturated heterocycles. The van der Waals surface area contributed by atoms with Crippen LogP contribution in [0.1, 0.15) is 19.3 Å². The number of carbonyl (C=O) groups is 1. The number of rotatable bonds is 5. The Bertz CT molecular complexity index is 877. The number of ether oxygens (including phenoxy) is 1. The normalized spacial score (nSPS) is 21.4. The molecule has 0 N–H and O–H groups in total. The SMILES string of the molecule is Cn1cc(-c2cnc(OC3CCN(C4CCN(CC(F)(F)F)C4=O)CC3)nc2)cn1. The molecule has 4 rings (SSSR count). The van der Waals surface area contributed by atoms with Gasteiger partial charge in [-0.15, -0.1) is 0 Å². The highest BCUT2D eigenvalue weighted by Gasteiger charge is 2.42. The summed E-state index contributed by atoms with van der Waals surface area (Å²) < 4.78 is 45.3. The van der Waals surface area contributed by atoms with Crippen LogP contribution in [0, 0.1) is 0 Å². The van der Waals surface area contributed by atoms with Gasteiger partial charge >= 0.3 is 12.2 Å². The predicted molar refractivity (Wildman–Crippen MR) is 100 cm³/mol. The molecule has 2 aliphatic heterocycles. The van der Waals surface area contributed by atoms with Gasteiger partial charge in [0.25, 0.3) is 0 Å². The highest BCUT2D eigenvalue weighted by molar-refractivity contribution is 5.84. The fourth-order valence-electron chi connectivity index (χ4n) is 3.99. The van der Waals surface area contributed by atoms with Crippen molar-refractivity contribution in [1.29, 1.82) is 0 Å². The maximum atomic E-state index is 12.6. The topological polar surface area (TPSA) is 76.4 Å². The maximum Gasteiger partial charge on any atom is 0.406 e. The Morgan fingerprint density at radius 1 is 1.07 bits per heavy atom. The van der Waals surface area contributed by atoms with E-state index < -0.39 is 24.7 Å². The number of hydrogen-bond donors (Lipinski definition) is 0. The number of nitrogens with zero attached hydrogens (tertiary/aromatic N) is 6. The lowest BCUT2D eigenvalue weighted by molar-refractivity contribution is -0.159. The van der Waals surface area contributed by atoms with Crippen LogP contribution in [-0.4, -0.2) is 80.0 Å². The van der Waals surface area contributed by atoms with Crippen LogP contribution in [0.15, 0.2) is 24.8 Å². The fraction of sp³-hybridized carbons (Fsp3) is 0.579. The molecule has 1 atom stereocenters. The molecule has 4 heterocycles. The van der Waals surface area contributed by atoms with Gasteiger partial charge in [0, 0.05) is 56.4 Å². The van der Waals surface area contributed by atoms with Crippen LogP contribution in [0.25, 0.3) is 11.1 Å². The van der Waals surface area contributed by atoms with E-state index in [4.69, 9.17) is 4.74 Å². The van der Waals surface area contributed by atoms with Gasteiger partial charge in [0.15, 0.2) is 0 Å². The molecule has 11 heteroatoms. The highest BCUT2D eigenvalue weighted by Crippen LogP contribution is 2.26. The summed E-state index contributed by atoms with van der Waals surface area (Å²) in [6, 6.07) is -0.183. The van der Waals surface area contributed by atoms with Gasteiger partial charge in [-0.25, -0.2) is 9.97 Å². The smallest absolute Gasteiger partial charge is 0.406 e. The Morgan fingerprint density at radius 2 is 1.77 bits per heavy atom. The number of alkyl halides is 3. The van der Waals surface area contributed by atoms with Gasteiger partial charge in [0.1, 0.15) is 12.6 Å². The van der Waals surface area contributed by atoms with Gasteiger partial charge in [-0.2, -0.15) is 18.3 Å². The zero-order valence-corrected chi connectivity index (χ0v) is 16.5. The van der Waals surface area contributed by atoms with E-state index in [1.807, 2.05) is 18.1 Å². The molecule has 162 valence electrons. The van der Waals surface area contributed by atoms with E-state index in [2.05, 4.69) is 15.1 Å². The van der Waals surface area contributed by atoms with Crippen LogP contribution in [0.4, 0.5) is 13.2 Å². The van der Waals surface area contributed by atoms with E-state index in [9.17, 15) is 18.0 Å². The number of hydrogen-bond acceptors (Lipinski definition) is 6. The summed E-state index contributed by atoms with van der Waals surface area (Å²) in [5.74, 6) is -0.430. The van der Waals surface area contributed by atoms with Crippen LogP contribution in [0.2, 0.25) is 0 Å².